The van der Waals surface area contributed by atoms with Crippen LogP contribution in [0.5, 0.6) is 0 Å². The Morgan fingerprint density at radius 2 is 2.20 bits per heavy atom. The minimum atomic E-state index is -0.163. The zero-order chi connectivity index (χ0) is 17.5. The lowest BCUT2D eigenvalue weighted by Gasteiger charge is -2.26. The van der Waals surface area contributed by atoms with E-state index in [1.165, 1.54) is 0 Å². The zero-order valence-electron chi connectivity index (χ0n) is 14.6. The lowest BCUT2D eigenvalue weighted by Crippen LogP contribution is -2.44. The van der Waals surface area contributed by atoms with E-state index < -0.39 is 0 Å². The van der Waals surface area contributed by atoms with Crippen molar-refractivity contribution in [2.75, 3.05) is 39.3 Å². The summed E-state index contributed by atoms with van der Waals surface area (Å²) in [6.45, 7) is 8.47. The van der Waals surface area contributed by atoms with Crippen LogP contribution in [0.4, 0.5) is 0 Å². The molecule has 8 nitrogen and oxygen atoms in total. The number of carbonyl (C=O) groups excluding carboxylic acids is 1. The third kappa shape index (κ3) is 5.58. The van der Waals surface area contributed by atoms with Crippen LogP contribution in [0.1, 0.15) is 27.6 Å². The molecule has 0 bridgehead atoms. The van der Waals surface area contributed by atoms with Crippen molar-refractivity contribution in [3.63, 3.8) is 0 Å². The Hall–Kier alpha value is -1.84. The summed E-state index contributed by atoms with van der Waals surface area (Å²) in [6.07, 6.45) is 3.48. The van der Waals surface area contributed by atoms with Crippen LogP contribution in [-0.4, -0.2) is 70.1 Å². The van der Waals surface area contributed by atoms with E-state index in [-0.39, 0.29) is 5.91 Å². The van der Waals surface area contributed by atoms with Crippen LogP contribution in [0.15, 0.2) is 11.6 Å². The SMILES string of the molecule is Cc1csc(CCCNC(=O)c2cn(CCN3CCNCC3)nn2)n1. The molecule has 1 amide bonds. The van der Waals surface area contributed by atoms with E-state index in [4.69, 9.17) is 0 Å². The molecule has 2 aromatic rings. The van der Waals surface area contributed by atoms with Gasteiger partial charge in [-0.2, -0.15) is 0 Å². The minimum Gasteiger partial charge on any atom is -0.351 e. The molecule has 0 radical (unpaired) electrons. The summed E-state index contributed by atoms with van der Waals surface area (Å²) in [5.41, 5.74) is 1.44. The Bertz CT molecular complexity index is 678. The third-order valence-electron chi connectivity index (χ3n) is 4.15. The normalized spacial score (nSPS) is 15.4. The lowest BCUT2D eigenvalue weighted by molar-refractivity contribution is 0.0948. The van der Waals surface area contributed by atoms with E-state index in [2.05, 4.69) is 30.8 Å². The molecule has 1 aliphatic rings. The van der Waals surface area contributed by atoms with Crippen molar-refractivity contribution in [2.24, 2.45) is 0 Å². The van der Waals surface area contributed by atoms with E-state index in [1.54, 1.807) is 22.2 Å². The number of rotatable bonds is 8. The largest absolute Gasteiger partial charge is 0.351 e. The Kier molecular flexibility index (Phi) is 6.48. The van der Waals surface area contributed by atoms with Gasteiger partial charge in [-0.1, -0.05) is 5.21 Å². The van der Waals surface area contributed by atoms with E-state index in [0.29, 0.717) is 12.2 Å². The summed E-state index contributed by atoms with van der Waals surface area (Å²) in [6, 6.07) is 0. The Morgan fingerprint density at radius 3 is 2.96 bits per heavy atom. The van der Waals surface area contributed by atoms with Gasteiger partial charge in [-0.3, -0.25) is 14.4 Å². The molecule has 0 unspecified atom stereocenters. The topological polar surface area (TPSA) is 88.0 Å². The molecule has 0 saturated carbocycles. The fourth-order valence-corrected chi connectivity index (χ4v) is 3.56. The zero-order valence-corrected chi connectivity index (χ0v) is 15.4. The van der Waals surface area contributed by atoms with Gasteiger partial charge in [0.05, 0.1) is 17.7 Å². The van der Waals surface area contributed by atoms with Crippen LogP contribution in [0.25, 0.3) is 0 Å². The van der Waals surface area contributed by atoms with Crippen LogP contribution >= 0.6 is 11.3 Å². The van der Waals surface area contributed by atoms with Crippen molar-refractivity contribution < 1.29 is 4.79 Å². The lowest BCUT2D eigenvalue weighted by atomic mass is 10.3. The first-order chi connectivity index (χ1) is 12.2. The molecule has 136 valence electrons. The van der Waals surface area contributed by atoms with Crippen molar-refractivity contribution in [3.8, 4) is 0 Å². The van der Waals surface area contributed by atoms with Gasteiger partial charge in [0.15, 0.2) is 5.69 Å². The molecular weight excluding hydrogens is 338 g/mol. The number of hydrogen-bond acceptors (Lipinski definition) is 7. The first-order valence-corrected chi connectivity index (χ1v) is 9.61. The molecule has 0 spiro atoms. The average Bonchev–Trinajstić information content (AvgIpc) is 3.27. The second kappa shape index (κ2) is 9.02. The number of nitrogens with zero attached hydrogens (tertiary/aromatic N) is 5. The summed E-state index contributed by atoms with van der Waals surface area (Å²) in [5, 5.41) is 17.4. The van der Waals surface area contributed by atoms with E-state index in [0.717, 1.165) is 62.8 Å². The molecule has 25 heavy (non-hydrogen) atoms. The highest BCUT2D eigenvalue weighted by atomic mass is 32.1. The standard InChI is InChI=1S/C16H25N7OS/c1-13-12-25-15(19-13)3-2-4-18-16(24)14-11-23(21-20-14)10-9-22-7-5-17-6-8-22/h11-12,17H,2-10H2,1H3,(H,18,24). The second-order valence-electron chi connectivity index (χ2n) is 6.20. The Balaban J connectivity index is 1.36. The van der Waals surface area contributed by atoms with Crippen LogP contribution in [-0.2, 0) is 13.0 Å². The quantitative estimate of drug-likeness (QED) is 0.657. The predicted molar refractivity (Wildman–Crippen MR) is 96.8 cm³/mol. The highest BCUT2D eigenvalue weighted by molar-refractivity contribution is 7.09. The van der Waals surface area contributed by atoms with Crippen molar-refractivity contribution >= 4 is 17.2 Å². The predicted octanol–water partition coefficient (Wildman–Crippen LogP) is 0.311. The first-order valence-electron chi connectivity index (χ1n) is 8.73. The summed E-state index contributed by atoms with van der Waals surface area (Å²) in [4.78, 5) is 18.9. The molecule has 0 aliphatic carbocycles. The van der Waals surface area contributed by atoms with Crippen LogP contribution in [0.2, 0.25) is 0 Å². The summed E-state index contributed by atoms with van der Waals surface area (Å²) in [7, 11) is 0. The maximum Gasteiger partial charge on any atom is 0.273 e. The highest BCUT2D eigenvalue weighted by Crippen LogP contribution is 2.10. The average molecular weight is 363 g/mol. The molecule has 0 atom stereocenters. The highest BCUT2D eigenvalue weighted by Gasteiger charge is 2.12. The molecule has 0 aromatic carbocycles. The number of hydrogen-bond donors (Lipinski definition) is 2. The maximum atomic E-state index is 12.1. The molecule has 1 fully saturated rings. The van der Waals surface area contributed by atoms with Crippen molar-refractivity contribution in [2.45, 2.75) is 26.3 Å². The molecule has 2 N–H and O–H groups in total. The molecule has 3 rings (SSSR count). The molecule has 9 heteroatoms. The van der Waals surface area contributed by atoms with Gasteiger partial charge in [-0.15, -0.1) is 16.4 Å². The van der Waals surface area contributed by atoms with Gasteiger partial charge in [-0.05, 0) is 13.3 Å². The van der Waals surface area contributed by atoms with Gasteiger partial charge < -0.3 is 10.6 Å². The number of carbonyl (C=O) groups is 1. The van der Waals surface area contributed by atoms with Gasteiger partial charge in [0.1, 0.15) is 0 Å². The summed E-state index contributed by atoms with van der Waals surface area (Å²) < 4.78 is 1.75. The third-order valence-corrected chi connectivity index (χ3v) is 5.17. The van der Waals surface area contributed by atoms with Crippen LogP contribution < -0.4 is 10.6 Å². The van der Waals surface area contributed by atoms with Crippen molar-refractivity contribution in [3.05, 3.63) is 28.0 Å². The van der Waals surface area contributed by atoms with Gasteiger partial charge in [0.25, 0.3) is 5.91 Å². The summed E-state index contributed by atoms with van der Waals surface area (Å²) in [5.74, 6) is -0.163. The van der Waals surface area contributed by atoms with Crippen LogP contribution in [0, 0.1) is 6.92 Å². The van der Waals surface area contributed by atoms with Crippen molar-refractivity contribution in [1.29, 1.82) is 0 Å². The number of aryl methyl sites for hydroxylation is 2. The Morgan fingerprint density at radius 1 is 1.36 bits per heavy atom. The molecule has 3 heterocycles. The van der Waals surface area contributed by atoms with Crippen LogP contribution in [0.3, 0.4) is 0 Å². The fourth-order valence-electron chi connectivity index (χ4n) is 2.74. The fraction of sp³-hybridized carbons (Fsp3) is 0.625. The van der Waals surface area contributed by atoms with E-state index in [9.17, 15) is 4.79 Å². The molecular formula is C16H25N7OS. The maximum absolute atomic E-state index is 12.1. The molecule has 2 aromatic heterocycles. The minimum absolute atomic E-state index is 0.163. The van der Waals surface area contributed by atoms with E-state index >= 15 is 0 Å². The molecule has 1 aliphatic heterocycles. The number of amides is 1. The van der Waals surface area contributed by atoms with Gasteiger partial charge in [0.2, 0.25) is 0 Å². The molecule has 1 saturated heterocycles. The van der Waals surface area contributed by atoms with Gasteiger partial charge in [0, 0.05) is 56.8 Å². The number of piperazine rings is 1. The summed E-state index contributed by atoms with van der Waals surface area (Å²) >= 11 is 1.67. The first kappa shape index (κ1) is 18.0. The number of nitrogens with one attached hydrogen (secondary N) is 2. The van der Waals surface area contributed by atoms with E-state index in [1.807, 2.05) is 12.3 Å². The van der Waals surface area contributed by atoms with Gasteiger partial charge in [-0.25, -0.2) is 4.98 Å². The smallest absolute Gasteiger partial charge is 0.273 e. The number of thiazole rings is 1. The van der Waals surface area contributed by atoms with Crippen molar-refractivity contribution in [1.82, 2.24) is 35.5 Å². The second-order valence-corrected chi connectivity index (χ2v) is 7.14. The number of aromatic nitrogens is 4. The monoisotopic (exact) mass is 363 g/mol. The van der Waals surface area contributed by atoms with Gasteiger partial charge >= 0.3 is 0 Å². The Labute approximate surface area is 151 Å².